The van der Waals surface area contributed by atoms with Crippen LogP contribution in [0.3, 0.4) is 0 Å². The second-order valence-electron chi connectivity index (χ2n) is 4.41. The molecule has 0 aromatic rings. The molecule has 104 valence electrons. The Balaban J connectivity index is 2.34. The molecule has 1 aliphatic carbocycles. The molecule has 0 aromatic heterocycles. The van der Waals surface area contributed by atoms with Crippen molar-refractivity contribution in [1.29, 1.82) is 0 Å². The summed E-state index contributed by atoms with van der Waals surface area (Å²) in [6, 6.07) is 0.195. The van der Waals surface area contributed by atoms with Crippen LogP contribution in [0.4, 0.5) is 0 Å². The Bertz CT molecular complexity index is 416. The smallest absolute Gasteiger partial charge is 0.303 e. The van der Waals surface area contributed by atoms with Crippen LogP contribution in [0, 0.1) is 0 Å². The number of sulfonamides is 1. The summed E-state index contributed by atoms with van der Waals surface area (Å²) in [6.07, 6.45) is 1.75. The number of amides is 1. The van der Waals surface area contributed by atoms with Crippen LogP contribution < -0.4 is 5.32 Å². The molecule has 2 N–H and O–H groups in total. The van der Waals surface area contributed by atoms with Crippen molar-refractivity contribution in [2.24, 2.45) is 0 Å². The zero-order valence-electron chi connectivity index (χ0n) is 10.3. The number of nitrogens with one attached hydrogen (secondary N) is 1. The molecule has 8 heteroatoms. The molecule has 1 saturated carbocycles. The predicted octanol–water partition coefficient (Wildman–Crippen LogP) is -0.609. The topological polar surface area (TPSA) is 104 Å². The number of carboxylic acid groups (broad SMARTS) is 1. The Kier molecular flexibility index (Phi) is 5.09. The molecule has 0 atom stereocenters. The lowest BCUT2D eigenvalue weighted by molar-refractivity contribution is -0.137. The lowest BCUT2D eigenvalue weighted by Gasteiger charge is -2.16. The molecule has 0 spiro atoms. The van der Waals surface area contributed by atoms with Crippen molar-refractivity contribution in [3.63, 3.8) is 0 Å². The van der Waals surface area contributed by atoms with E-state index in [0.29, 0.717) is 0 Å². The van der Waals surface area contributed by atoms with Gasteiger partial charge < -0.3 is 10.4 Å². The molecular weight excluding hydrogens is 260 g/mol. The largest absolute Gasteiger partial charge is 0.481 e. The van der Waals surface area contributed by atoms with E-state index in [1.165, 1.54) is 7.05 Å². The van der Waals surface area contributed by atoms with Crippen molar-refractivity contribution >= 4 is 21.9 Å². The predicted molar refractivity (Wildman–Crippen MR) is 64.5 cm³/mol. The number of aliphatic carboxylic acids is 1. The highest BCUT2D eigenvalue weighted by Gasteiger charge is 2.26. The van der Waals surface area contributed by atoms with Crippen LogP contribution in [-0.2, 0) is 19.6 Å². The van der Waals surface area contributed by atoms with Gasteiger partial charge in [0.1, 0.15) is 0 Å². The highest BCUT2D eigenvalue weighted by atomic mass is 32.2. The first-order valence-corrected chi connectivity index (χ1v) is 7.37. The van der Waals surface area contributed by atoms with Crippen molar-refractivity contribution in [2.75, 3.05) is 19.3 Å². The van der Waals surface area contributed by atoms with Gasteiger partial charge >= 0.3 is 5.97 Å². The normalized spacial score (nSPS) is 15.7. The molecule has 0 heterocycles. The van der Waals surface area contributed by atoms with E-state index in [-0.39, 0.29) is 37.1 Å². The zero-order chi connectivity index (χ0) is 13.8. The van der Waals surface area contributed by atoms with E-state index in [4.69, 9.17) is 5.11 Å². The van der Waals surface area contributed by atoms with Gasteiger partial charge in [-0.25, -0.2) is 8.42 Å². The quantitative estimate of drug-likeness (QED) is 0.616. The number of carbonyl (C=O) groups excluding carboxylic acids is 1. The molecule has 0 aliphatic heterocycles. The molecule has 1 amide bonds. The van der Waals surface area contributed by atoms with Crippen molar-refractivity contribution in [3.8, 4) is 0 Å². The lowest BCUT2D eigenvalue weighted by atomic mass is 10.3. The molecule has 0 unspecified atom stereocenters. The monoisotopic (exact) mass is 278 g/mol. The van der Waals surface area contributed by atoms with Gasteiger partial charge in [-0.3, -0.25) is 9.59 Å². The van der Waals surface area contributed by atoms with Crippen LogP contribution in [0.2, 0.25) is 0 Å². The minimum absolute atomic E-state index is 0.0479. The highest BCUT2D eigenvalue weighted by Crippen LogP contribution is 2.18. The van der Waals surface area contributed by atoms with Gasteiger partial charge in [-0.15, -0.1) is 0 Å². The van der Waals surface area contributed by atoms with Crippen LogP contribution in [0.5, 0.6) is 0 Å². The Morgan fingerprint density at radius 1 is 1.39 bits per heavy atom. The van der Waals surface area contributed by atoms with E-state index in [9.17, 15) is 18.0 Å². The van der Waals surface area contributed by atoms with Gasteiger partial charge in [0, 0.05) is 19.5 Å². The summed E-state index contributed by atoms with van der Waals surface area (Å²) in [6.45, 7) is -0.216. The van der Waals surface area contributed by atoms with Crippen molar-refractivity contribution < 1.29 is 23.1 Å². The fraction of sp³-hybridized carbons (Fsp3) is 0.800. The lowest BCUT2D eigenvalue weighted by Crippen LogP contribution is -2.40. The maximum absolute atomic E-state index is 11.7. The fourth-order valence-corrected chi connectivity index (χ4v) is 2.50. The van der Waals surface area contributed by atoms with E-state index >= 15 is 0 Å². The van der Waals surface area contributed by atoms with E-state index in [1.807, 2.05) is 0 Å². The Hall–Kier alpha value is -1.15. The van der Waals surface area contributed by atoms with Crippen LogP contribution in [0.25, 0.3) is 0 Å². The third-order valence-corrected chi connectivity index (χ3v) is 4.46. The minimum Gasteiger partial charge on any atom is -0.481 e. The van der Waals surface area contributed by atoms with Gasteiger partial charge in [0.05, 0.1) is 12.3 Å². The number of nitrogens with zero attached hydrogens (tertiary/aromatic N) is 1. The van der Waals surface area contributed by atoms with Crippen molar-refractivity contribution in [3.05, 3.63) is 0 Å². The molecule has 0 bridgehead atoms. The number of rotatable bonds is 8. The Morgan fingerprint density at radius 3 is 2.50 bits per heavy atom. The average molecular weight is 278 g/mol. The Morgan fingerprint density at radius 2 is 2.00 bits per heavy atom. The Labute approximate surface area is 106 Å². The minimum atomic E-state index is -3.56. The molecule has 0 aromatic carbocycles. The molecule has 1 rings (SSSR count). The molecule has 0 saturated heterocycles. The van der Waals surface area contributed by atoms with Crippen molar-refractivity contribution in [1.82, 2.24) is 9.62 Å². The van der Waals surface area contributed by atoms with Gasteiger partial charge in [-0.1, -0.05) is 0 Å². The van der Waals surface area contributed by atoms with Crippen LogP contribution in [0.15, 0.2) is 0 Å². The first kappa shape index (κ1) is 14.9. The van der Waals surface area contributed by atoms with Crippen LogP contribution >= 0.6 is 0 Å². The summed E-state index contributed by atoms with van der Waals surface area (Å²) in [5.74, 6) is -1.60. The maximum Gasteiger partial charge on any atom is 0.303 e. The van der Waals surface area contributed by atoms with Gasteiger partial charge in [0.15, 0.2) is 0 Å². The van der Waals surface area contributed by atoms with E-state index in [0.717, 1.165) is 17.1 Å². The summed E-state index contributed by atoms with van der Waals surface area (Å²) >= 11 is 0. The van der Waals surface area contributed by atoms with Gasteiger partial charge in [-0.2, -0.15) is 4.31 Å². The molecular formula is C10H18N2O5S. The fourth-order valence-electron chi connectivity index (χ4n) is 1.36. The molecule has 1 aliphatic rings. The third-order valence-electron chi connectivity index (χ3n) is 2.58. The number of hydrogen-bond acceptors (Lipinski definition) is 4. The van der Waals surface area contributed by atoms with Gasteiger partial charge in [-0.05, 0) is 19.3 Å². The average Bonchev–Trinajstić information content (AvgIpc) is 3.00. The number of carboxylic acids is 1. The summed E-state index contributed by atoms with van der Waals surface area (Å²) < 4.78 is 24.4. The van der Waals surface area contributed by atoms with Crippen LogP contribution in [-0.4, -0.2) is 55.1 Å². The van der Waals surface area contributed by atoms with E-state index in [1.54, 1.807) is 0 Å². The molecule has 1 fully saturated rings. The highest BCUT2D eigenvalue weighted by molar-refractivity contribution is 7.89. The van der Waals surface area contributed by atoms with Gasteiger partial charge in [0.25, 0.3) is 0 Å². The summed E-state index contributed by atoms with van der Waals surface area (Å²) in [4.78, 5) is 21.7. The van der Waals surface area contributed by atoms with Crippen molar-refractivity contribution in [2.45, 2.75) is 31.7 Å². The number of hydrogen-bond donors (Lipinski definition) is 2. The summed E-state index contributed by atoms with van der Waals surface area (Å²) in [5, 5.41) is 11.1. The first-order chi connectivity index (χ1) is 8.31. The molecule has 0 radical (unpaired) electrons. The second-order valence-corrected chi connectivity index (χ2v) is 6.61. The summed E-state index contributed by atoms with van der Waals surface area (Å²) in [5.41, 5.74) is 0. The molecule has 7 nitrogen and oxygen atoms in total. The van der Waals surface area contributed by atoms with E-state index < -0.39 is 16.0 Å². The number of carbonyl (C=O) groups is 2. The standard InChI is InChI=1S/C10H18N2O5S/c1-12(7-9(13)11-8-4-5-8)18(16,17)6-2-3-10(14)15/h8H,2-7H2,1H3,(H,11,13)(H,14,15). The second kappa shape index (κ2) is 6.14. The first-order valence-electron chi connectivity index (χ1n) is 5.76. The summed E-state index contributed by atoms with van der Waals surface area (Å²) in [7, 11) is -2.24. The number of likely N-dealkylation sites (N-methyl/N-ethyl adjacent to an activating group) is 1. The van der Waals surface area contributed by atoms with Gasteiger partial charge in [0.2, 0.25) is 15.9 Å². The SMILES string of the molecule is CN(CC(=O)NC1CC1)S(=O)(=O)CCCC(=O)O. The maximum atomic E-state index is 11.7. The van der Waals surface area contributed by atoms with E-state index in [2.05, 4.69) is 5.32 Å². The van der Waals surface area contributed by atoms with Crippen LogP contribution in [0.1, 0.15) is 25.7 Å². The molecule has 18 heavy (non-hydrogen) atoms. The third kappa shape index (κ3) is 5.46. The zero-order valence-corrected chi connectivity index (χ0v) is 11.1.